The van der Waals surface area contributed by atoms with Gasteiger partial charge in [-0.25, -0.2) is 15.0 Å². The maximum atomic E-state index is 4.60. The zero-order valence-corrected chi connectivity index (χ0v) is 11.7. The predicted octanol–water partition coefficient (Wildman–Crippen LogP) is 2.92. The van der Waals surface area contributed by atoms with Crippen LogP contribution in [0.15, 0.2) is 36.7 Å². The van der Waals surface area contributed by atoms with Gasteiger partial charge in [-0.15, -0.1) is 0 Å². The Morgan fingerprint density at radius 2 is 2.15 bits per heavy atom. The summed E-state index contributed by atoms with van der Waals surface area (Å²) in [6, 6.07) is 8.01. The second-order valence-corrected chi connectivity index (χ2v) is 4.71. The molecule has 0 aromatic carbocycles. The fourth-order valence-electron chi connectivity index (χ4n) is 2.17. The van der Waals surface area contributed by atoms with E-state index in [4.69, 9.17) is 0 Å². The van der Waals surface area contributed by atoms with E-state index in [0.717, 1.165) is 35.7 Å². The standard InChI is InChI=1S/C15H17N5/c1-3-7-17-15-18-11(2)10-12(19-15)13-5-4-6-14-16-8-9-20(13)14/h4-6,8-10H,3,7H2,1-2H3,(H,17,18,19). The van der Waals surface area contributed by atoms with Gasteiger partial charge in [-0.1, -0.05) is 13.0 Å². The predicted molar refractivity (Wildman–Crippen MR) is 79.7 cm³/mol. The molecule has 5 nitrogen and oxygen atoms in total. The summed E-state index contributed by atoms with van der Waals surface area (Å²) >= 11 is 0. The fourth-order valence-corrected chi connectivity index (χ4v) is 2.17. The molecule has 3 heterocycles. The number of fused-ring (bicyclic) bond motifs is 1. The maximum Gasteiger partial charge on any atom is 0.223 e. The Balaban J connectivity index is 2.09. The lowest BCUT2D eigenvalue weighted by atomic mass is 10.2. The molecule has 5 heteroatoms. The molecule has 0 saturated heterocycles. The lowest BCUT2D eigenvalue weighted by Gasteiger charge is -2.09. The van der Waals surface area contributed by atoms with Crippen molar-refractivity contribution in [1.29, 1.82) is 0 Å². The molecule has 20 heavy (non-hydrogen) atoms. The molecule has 102 valence electrons. The highest BCUT2D eigenvalue weighted by molar-refractivity contribution is 5.61. The smallest absolute Gasteiger partial charge is 0.223 e. The molecule has 0 amide bonds. The lowest BCUT2D eigenvalue weighted by Crippen LogP contribution is -2.06. The van der Waals surface area contributed by atoms with Crippen molar-refractivity contribution >= 4 is 11.6 Å². The van der Waals surface area contributed by atoms with Crippen LogP contribution in [0.1, 0.15) is 19.0 Å². The summed E-state index contributed by atoms with van der Waals surface area (Å²) in [6.45, 7) is 4.98. The molecule has 0 atom stereocenters. The minimum atomic E-state index is 0.680. The number of nitrogens with one attached hydrogen (secondary N) is 1. The van der Waals surface area contributed by atoms with Crippen LogP contribution in [0.2, 0.25) is 0 Å². The van der Waals surface area contributed by atoms with E-state index in [2.05, 4.69) is 27.2 Å². The molecule has 0 aliphatic carbocycles. The normalized spacial score (nSPS) is 10.9. The van der Waals surface area contributed by atoms with E-state index >= 15 is 0 Å². The van der Waals surface area contributed by atoms with Gasteiger partial charge in [-0.3, -0.25) is 4.40 Å². The highest BCUT2D eigenvalue weighted by Gasteiger charge is 2.08. The number of anilines is 1. The van der Waals surface area contributed by atoms with Gasteiger partial charge < -0.3 is 5.32 Å². The molecule has 0 aliphatic heterocycles. The number of aryl methyl sites for hydroxylation is 1. The van der Waals surface area contributed by atoms with Crippen LogP contribution in [0.25, 0.3) is 17.0 Å². The van der Waals surface area contributed by atoms with Gasteiger partial charge in [0.15, 0.2) is 0 Å². The summed E-state index contributed by atoms with van der Waals surface area (Å²) in [5.41, 5.74) is 3.79. The van der Waals surface area contributed by atoms with Gasteiger partial charge in [0.2, 0.25) is 5.95 Å². The Morgan fingerprint density at radius 1 is 1.25 bits per heavy atom. The molecular weight excluding hydrogens is 250 g/mol. The highest BCUT2D eigenvalue weighted by Crippen LogP contribution is 2.20. The number of aromatic nitrogens is 4. The summed E-state index contributed by atoms with van der Waals surface area (Å²) in [5.74, 6) is 0.680. The molecule has 0 fully saturated rings. The Labute approximate surface area is 117 Å². The van der Waals surface area contributed by atoms with Crippen LogP contribution in [-0.2, 0) is 0 Å². The van der Waals surface area contributed by atoms with Crippen LogP contribution in [-0.4, -0.2) is 25.9 Å². The minimum Gasteiger partial charge on any atom is -0.354 e. The first-order chi connectivity index (χ1) is 9.78. The van der Waals surface area contributed by atoms with Crippen molar-refractivity contribution in [2.24, 2.45) is 0 Å². The average molecular weight is 267 g/mol. The van der Waals surface area contributed by atoms with Gasteiger partial charge in [0.25, 0.3) is 0 Å². The second kappa shape index (κ2) is 5.28. The number of hydrogen-bond donors (Lipinski definition) is 1. The molecule has 0 bridgehead atoms. The molecule has 0 saturated carbocycles. The van der Waals surface area contributed by atoms with E-state index in [1.54, 1.807) is 6.20 Å². The first-order valence-electron chi connectivity index (χ1n) is 6.80. The third kappa shape index (κ3) is 2.34. The number of pyridine rings is 1. The maximum absolute atomic E-state index is 4.60. The van der Waals surface area contributed by atoms with Crippen molar-refractivity contribution in [3.63, 3.8) is 0 Å². The van der Waals surface area contributed by atoms with E-state index in [1.807, 2.05) is 41.8 Å². The van der Waals surface area contributed by atoms with Crippen molar-refractivity contribution in [3.05, 3.63) is 42.4 Å². The molecule has 0 unspecified atom stereocenters. The Kier molecular flexibility index (Phi) is 3.33. The van der Waals surface area contributed by atoms with E-state index < -0.39 is 0 Å². The first kappa shape index (κ1) is 12.6. The average Bonchev–Trinajstić information content (AvgIpc) is 2.92. The Hall–Kier alpha value is -2.43. The molecule has 3 rings (SSSR count). The summed E-state index contributed by atoms with van der Waals surface area (Å²) in [6.07, 6.45) is 4.79. The fraction of sp³-hybridized carbons (Fsp3) is 0.267. The molecular formula is C15H17N5. The lowest BCUT2D eigenvalue weighted by molar-refractivity contribution is 0.945. The van der Waals surface area contributed by atoms with Gasteiger partial charge in [0, 0.05) is 24.6 Å². The van der Waals surface area contributed by atoms with Crippen LogP contribution in [0.3, 0.4) is 0 Å². The Morgan fingerprint density at radius 3 is 3.00 bits per heavy atom. The molecule has 3 aromatic rings. The van der Waals surface area contributed by atoms with Crippen molar-refractivity contribution < 1.29 is 0 Å². The van der Waals surface area contributed by atoms with Crippen molar-refractivity contribution in [2.75, 3.05) is 11.9 Å². The quantitative estimate of drug-likeness (QED) is 0.789. The summed E-state index contributed by atoms with van der Waals surface area (Å²) in [5, 5.41) is 3.24. The van der Waals surface area contributed by atoms with Crippen LogP contribution >= 0.6 is 0 Å². The van der Waals surface area contributed by atoms with Crippen molar-refractivity contribution in [2.45, 2.75) is 20.3 Å². The minimum absolute atomic E-state index is 0.680. The molecule has 0 radical (unpaired) electrons. The SMILES string of the molecule is CCCNc1nc(C)cc(-c2cccc3nccn23)n1. The van der Waals surface area contributed by atoms with E-state index in [0.29, 0.717) is 5.95 Å². The van der Waals surface area contributed by atoms with Crippen LogP contribution in [0.4, 0.5) is 5.95 Å². The van der Waals surface area contributed by atoms with Crippen LogP contribution < -0.4 is 5.32 Å². The van der Waals surface area contributed by atoms with E-state index in [-0.39, 0.29) is 0 Å². The number of hydrogen-bond acceptors (Lipinski definition) is 4. The van der Waals surface area contributed by atoms with Crippen molar-refractivity contribution in [3.8, 4) is 11.4 Å². The Bertz CT molecular complexity index is 732. The summed E-state index contributed by atoms with van der Waals surface area (Å²) < 4.78 is 2.03. The second-order valence-electron chi connectivity index (χ2n) is 4.71. The topological polar surface area (TPSA) is 55.1 Å². The largest absolute Gasteiger partial charge is 0.354 e. The zero-order chi connectivity index (χ0) is 13.9. The third-order valence-electron chi connectivity index (χ3n) is 3.08. The number of rotatable bonds is 4. The van der Waals surface area contributed by atoms with Gasteiger partial charge >= 0.3 is 0 Å². The number of imidazole rings is 1. The van der Waals surface area contributed by atoms with Gasteiger partial charge in [-0.05, 0) is 31.5 Å². The van der Waals surface area contributed by atoms with Gasteiger partial charge in [0.05, 0.1) is 11.4 Å². The van der Waals surface area contributed by atoms with Gasteiger partial charge in [-0.2, -0.15) is 0 Å². The number of nitrogens with zero attached hydrogens (tertiary/aromatic N) is 4. The van der Waals surface area contributed by atoms with E-state index in [9.17, 15) is 0 Å². The van der Waals surface area contributed by atoms with E-state index in [1.165, 1.54) is 0 Å². The van der Waals surface area contributed by atoms with Crippen LogP contribution in [0.5, 0.6) is 0 Å². The molecule has 3 aromatic heterocycles. The molecule has 1 N–H and O–H groups in total. The van der Waals surface area contributed by atoms with Gasteiger partial charge in [0.1, 0.15) is 5.65 Å². The highest BCUT2D eigenvalue weighted by atomic mass is 15.1. The monoisotopic (exact) mass is 267 g/mol. The summed E-state index contributed by atoms with van der Waals surface area (Å²) in [7, 11) is 0. The van der Waals surface area contributed by atoms with Crippen molar-refractivity contribution in [1.82, 2.24) is 19.4 Å². The molecule has 0 spiro atoms. The van der Waals surface area contributed by atoms with Crippen LogP contribution in [0, 0.1) is 6.92 Å². The first-order valence-corrected chi connectivity index (χ1v) is 6.80. The third-order valence-corrected chi connectivity index (χ3v) is 3.08. The molecule has 0 aliphatic rings. The zero-order valence-electron chi connectivity index (χ0n) is 11.7. The summed E-state index contributed by atoms with van der Waals surface area (Å²) in [4.78, 5) is 13.3.